The van der Waals surface area contributed by atoms with Crippen LogP contribution in [0.2, 0.25) is 0 Å². The van der Waals surface area contributed by atoms with Crippen LogP contribution in [-0.2, 0) is 9.59 Å². The highest BCUT2D eigenvalue weighted by atomic mass is 16.4. The minimum Gasteiger partial charge on any atom is -0.409 e. The number of likely N-dealkylation sites (tertiary alicyclic amines) is 1. The number of nitrogens with two attached hydrogens (primary N) is 1. The molecular formula is C14H24N4O3. The molecule has 7 nitrogen and oxygen atoms in total. The normalized spacial score (nSPS) is 27.8. The number of hydrogen-bond donors (Lipinski definition) is 3. The summed E-state index contributed by atoms with van der Waals surface area (Å²) in [5.41, 5.74) is 5.66. The molecule has 2 aliphatic heterocycles. The molecule has 0 aromatic carbocycles. The number of amidine groups is 1. The van der Waals surface area contributed by atoms with Crippen molar-refractivity contribution in [1.82, 2.24) is 10.2 Å². The summed E-state index contributed by atoms with van der Waals surface area (Å²) in [5.74, 6) is -0.204. The molecule has 7 heteroatoms. The number of rotatable bonds is 4. The fourth-order valence-corrected chi connectivity index (χ4v) is 3.29. The highest BCUT2D eigenvalue weighted by Crippen LogP contribution is 2.26. The van der Waals surface area contributed by atoms with Gasteiger partial charge in [0.25, 0.3) is 0 Å². The van der Waals surface area contributed by atoms with Crippen molar-refractivity contribution in [2.45, 2.75) is 45.1 Å². The van der Waals surface area contributed by atoms with Crippen LogP contribution >= 0.6 is 0 Å². The van der Waals surface area contributed by atoms with Crippen molar-refractivity contribution in [3.63, 3.8) is 0 Å². The molecule has 2 heterocycles. The molecule has 0 bridgehead atoms. The van der Waals surface area contributed by atoms with Gasteiger partial charge in [-0.25, -0.2) is 0 Å². The average molecular weight is 296 g/mol. The van der Waals surface area contributed by atoms with Crippen LogP contribution in [0.25, 0.3) is 0 Å². The number of amides is 2. The number of piperidine rings is 2. The minimum atomic E-state index is -0.547. The first-order valence-electron chi connectivity index (χ1n) is 7.62. The third-order valence-corrected chi connectivity index (χ3v) is 4.48. The third-order valence-electron chi connectivity index (χ3n) is 4.48. The molecule has 2 aliphatic rings. The summed E-state index contributed by atoms with van der Waals surface area (Å²) in [6, 6.07) is 0.184. The molecule has 0 radical (unpaired) electrons. The van der Waals surface area contributed by atoms with Crippen molar-refractivity contribution >= 4 is 17.6 Å². The average Bonchev–Trinajstić information content (AvgIpc) is 2.50. The van der Waals surface area contributed by atoms with Crippen molar-refractivity contribution < 1.29 is 14.8 Å². The number of nitrogens with zero attached hydrogens (tertiary/aromatic N) is 2. The SMILES string of the molecule is CCCC(C(=O)N1CCC2NC(=O)CCC2C1)C(N)=NO. The number of oxime groups is 1. The van der Waals surface area contributed by atoms with Crippen LogP contribution in [0.4, 0.5) is 0 Å². The summed E-state index contributed by atoms with van der Waals surface area (Å²) >= 11 is 0. The molecule has 2 rings (SSSR count). The summed E-state index contributed by atoms with van der Waals surface area (Å²) in [7, 11) is 0. The summed E-state index contributed by atoms with van der Waals surface area (Å²) < 4.78 is 0. The Balaban J connectivity index is 2.01. The van der Waals surface area contributed by atoms with E-state index in [4.69, 9.17) is 10.9 Å². The zero-order valence-electron chi connectivity index (χ0n) is 12.4. The molecule has 4 N–H and O–H groups in total. The van der Waals surface area contributed by atoms with E-state index in [1.165, 1.54) is 0 Å². The maximum absolute atomic E-state index is 12.6. The predicted octanol–water partition coefficient (Wildman–Crippen LogP) is 0.276. The fourth-order valence-electron chi connectivity index (χ4n) is 3.29. The van der Waals surface area contributed by atoms with Crippen molar-refractivity contribution in [3.8, 4) is 0 Å². The molecule has 2 saturated heterocycles. The highest BCUT2D eigenvalue weighted by Gasteiger charge is 2.37. The van der Waals surface area contributed by atoms with Gasteiger partial charge in [-0.15, -0.1) is 0 Å². The van der Waals surface area contributed by atoms with Gasteiger partial charge in [0, 0.05) is 25.6 Å². The molecule has 3 unspecified atom stereocenters. The third kappa shape index (κ3) is 3.46. The first-order valence-corrected chi connectivity index (χ1v) is 7.62. The van der Waals surface area contributed by atoms with Gasteiger partial charge in [-0.2, -0.15) is 0 Å². The number of carbonyl (C=O) groups is 2. The van der Waals surface area contributed by atoms with E-state index in [1.807, 2.05) is 6.92 Å². The molecule has 0 aromatic heterocycles. The second kappa shape index (κ2) is 6.78. The van der Waals surface area contributed by atoms with E-state index in [1.54, 1.807) is 4.90 Å². The Labute approximate surface area is 124 Å². The topological polar surface area (TPSA) is 108 Å². The van der Waals surface area contributed by atoms with Gasteiger partial charge in [-0.1, -0.05) is 18.5 Å². The quantitative estimate of drug-likeness (QED) is 0.299. The second-order valence-electron chi connectivity index (χ2n) is 5.91. The van der Waals surface area contributed by atoms with E-state index in [0.29, 0.717) is 31.8 Å². The molecule has 0 aliphatic carbocycles. The smallest absolute Gasteiger partial charge is 0.233 e. The van der Waals surface area contributed by atoms with Crippen molar-refractivity contribution in [2.24, 2.45) is 22.7 Å². The Bertz CT molecular complexity index is 438. The van der Waals surface area contributed by atoms with E-state index in [0.717, 1.165) is 19.3 Å². The number of nitrogens with one attached hydrogen (secondary N) is 1. The van der Waals surface area contributed by atoms with Gasteiger partial charge in [-0.3, -0.25) is 9.59 Å². The van der Waals surface area contributed by atoms with Gasteiger partial charge in [0.2, 0.25) is 11.8 Å². The molecular weight excluding hydrogens is 272 g/mol. The lowest BCUT2D eigenvalue weighted by Gasteiger charge is -2.42. The van der Waals surface area contributed by atoms with Crippen molar-refractivity contribution in [1.29, 1.82) is 0 Å². The highest BCUT2D eigenvalue weighted by molar-refractivity contribution is 6.02. The van der Waals surface area contributed by atoms with E-state index in [2.05, 4.69) is 10.5 Å². The lowest BCUT2D eigenvalue weighted by atomic mass is 9.84. The van der Waals surface area contributed by atoms with Gasteiger partial charge < -0.3 is 21.2 Å². The van der Waals surface area contributed by atoms with Gasteiger partial charge in [-0.05, 0) is 25.2 Å². The predicted molar refractivity (Wildman–Crippen MR) is 77.7 cm³/mol. The lowest BCUT2D eigenvalue weighted by Crippen LogP contribution is -2.56. The first kappa shape index (κ1) is 15.6. The van der Waals surface area contributed by atoms with Crippen LogP contribution in [0.5, 0.6) is 0 Å². The molecule has 2 amide bonds. The van der Waals surface area contributed by atoms with Gasteiger partial charge in [0.15, 0.2) is 5.84 Å². The number of carbonyl (C=O) groups excluding carboxylic acids is 2. The lowest BCUT2D eigenvalue weighted by molar-refractivity contribution is -0.137. The van der Waals surface area contributed by atoms with E-state index in [-0.39, 0.29) is 23.7 Å². The van der Waals surface area contributed by atoms with Crippen LogP contribution in [0.3, 0.4) is 0 Å². The zero-order valence-corrected chi connectivity index (χ0v) is 12.4. The first-order chi connectivity index (χ1) is 10.1. The molecule has 21 heavy (non-hydrogen) atoms. The minimum absolute atomic E-state index is 0.0130. The van der Waals surface area contributed by atoms with Crippen LogP contribution in [0.1, 0.15) is 39.0 Å². The Kier molecular flexibility index (Phi) is 5.03. The molecule has 0 saturated carbocycles. The van der Waals surface area contributed by atoms with Crippen LogP contribution in [0, 0.1) is 11.8 Å². The van der Waals surface area contributed by atoms with Crippen molar-refractivity contribution in [2.75, 3.05) is 13.1 Å². The maximum atomic E-state index is 12.6. The zero-order chi connectivity index (χ0) is 15.4. The second-order valence-corrected chi connectivity index (χ2v) is 5.91. The molecule has 0 aromatic rings. The van der Waals surface area contributed by atoms with E-state index < -0.39 is 5.92 Å². The maximum Gasteiger partial charge on any atom is 0.233 e. The molecule has 118 valence electrons. The van der Waals surface area contributed by atoms with Crippen molar-refractivity contribution in [3.05, 3.63) is 0 Å². The monoisotopic (exact) mass is 296 g/mol. The van der Waals surface area contributed by atoms with E-state index in [9.17, 15) is 9.59 Å². The van der Waals surface area contributed by atoms with Crippen LogP contribution in [0.15, 0.2) is 5.16 Å². The molecule has 2 fully saturated rings. The number of fused-ring (bicyclic) bond motifs is 1. The standard InChI is InChI=1S/C14H24N4O3/c1-2-3-10(13(15)17-21)14(20)18-7-6-11-9(8-18)4-5-12(19)16-11/h9-11,21H,2-8H2,1H3,(H2,15,17)(H,16,19). The van der Waals surface area contributed by atoms with Gasteiger partial charge in [0.1, 0.15) is 0 Å². The van der Waals surface area contributed by atoms with Crippen LogP contribution in [-0.4, -0.2) is 46.9 Å². The van der Waals surface area contributed by atoms with Gasteiger partial charge in [0.05, 0.1) is 5.92 Å². The Morgan fingerprint density at radius 2 is 2.33 bits per heavy atom. The number of hydrogen-bond acceptors (Lipinski definition) is 4. The van der Waals surface area contributed by atoms with Crippen LogP contribution < -0.4 is 11.1 Å². The Morgan fingerprint density at radius 1 is 1.57 bits per heavy atom. The Morgan fingerprint density at radius 3 is 3.00 bits per heavy atom. The van der Waals surface area contributed by atoms with Gasteiger partial charge >= 0.3 is 0 Å². The summed E-state index contributed by atoms with van der Waals surface area (Å²) in [5, 5.41) is 14.8. The summed E-state index contributed by atoms with van der Waals surface area (Å²) in [4.78, 5) is 25.8. The fraction of sp³-hybridized carbons (Fsp3) is 0.786. The summed E-state index contributed by atoms with van der Waals surface area (Å²) in [6.45, 7) is 3.22. The molecule has 0 spiro atoms. The summed E-state index contributed by atoms with van der Waals surface area (Å²) in [6.07, 6.45) is 3.50. The molecule has 3 atom stereocenters. The largest absolute Gasteiger partial charge is 0.409 e. The van der Waals surface area contributed by atoms with E-state index >= 15 is 0 Å². The Hall–Kier alpha value is -1.79.